The zero-order valence-corrected chi connectivity index (χ0v) is 63.5. The summed E-state index contributed by atoms with van der Waals surface area (Å²) in [5.41, 5.74) is 0. The number of ketones is 4. The summed E-state index contributed by atoms with van der Waals surface area (Å²) in [6.45, 7) is 0. The Morgan fingerprint density at radius 3 is 0.606 bits per heavy atom. The molecule has 7 saturated heterocycles. The molecular weight excluding hydrogens is 1290 g/mol. The molecule has 7 aliphatic heterocycles. The van der Waals surface area contributed by atoms with Crippen LogP contribution in [0.15, 0.2) is 0 Å². The van der Waals surface area contributed by atoms with E-state index in [2.05, 4.69) is 21.3 Å². The van der Waals surface area contributed by atoms with Gasteiger partial charge in [0.2, 0.25) is 0 Å². The maximum atomic E-state index is 17.4. The smallest absolute Gasteiger partial charge is 0.141 e. The Hall–Kier alpha value is -1.64. The molecule has 4 N–H and O–H groups in total. The summed E-state index contributed by atoms with van der Waals surface area (Å²) in [4.78, 5) is 69.6. The molecule has 0 aromatic heterocycles. The number of hydrogen-bond acceptors (Lipinski definition) is 12. The summed E-state index contributed by atoms with van der Waals surface area (Å²) >= 11 is 0. The van der Waals surface area contributed by atoms with E-state index < -0.39 is 99.9 Å². The lowest BCUT2D eigenvalue weighted by molar-refractivity contribution is -0.184. The van der Waals surface area contributed by atoms with Crippen LogP contribution in [0.25, 0.3) is 0 Å². The zero-order chi connectivity index (χ0) is 80.2. The molecule has 12 aliphatic carbocycles. The highest BCUT2D eigenvalue weighted by Gasteiger charge is 2.65. The van der Waals surface area contributed by atoms with Gasteiger partial charge in [0.1, 0.15) is 23.1 Å². The van der Waals surface area contributed by atoms with E-state index in [1.54, 1.807) is 0 Å². The molecular formula is C92H144N4O8. The van der Waals surface area contributed by atoms with Gasteiger partial charge in [-0.3, -0.25) is 19.2 Å². The van der Waals surface area contributed by atoms with Crippen molar-refractivity contribution in [2.45, 2.75) is 355 Å². The van der Waals surface area contributed by atoms with Crippen molar-refractivity contribution in [3.8, 4) is 0 Å². The van der Waals surface area contributed by atoms with Crippen molar-refractivity contribution in [3.63, 3.8) is 0 Å². The fraction of sp³-hybridized carbons (Fsp3) is 0.957. The second kappa shape index (κ2) is 30.7. The van der Waals surface area contributed by atoms with Gasteiger partial charge in [0, 0.05) is 124 Å². The number of ether oxygens (including phenoxy) is 4. The summed E-state index contributed by atoms with van der Waals surface area (Å²) in [5, 5.41) is 18.6. The van der Waals surface area contributed by atoms with Gasteiger partial charge in [0.15, 0.2) is 0 Å². The van der Waals surface area contributed by atoms with Gasteiger partial charge in [-0.2, -0.15) is 0 Å². The monoisotopic (exact) mass is 1450 g/mol. The van der Waals surface area contributed by atoms with Crippen molar-refractivity contribution < 1.29 is 54.6 Å². The first-order chi connectivity index (χ1) is 55.7. The fourth-order valence-electron chi connectivity index (χ4n) is 33.9. The van der Waals surface area contributed by atoms with E-state index in [0.717, 1.165) is 231 Å². The molecule has 104 heavy (non-hydrogen) atoms. The maximum Gasteiger partial charge on any atom is 0.141 e. The SMILES string of the molecule is [2H]C([2H])([2H])OC1C2CC3CCCCC3C1C1C3CCCCC3CC(C(=O)C3CCCCC3C3C4CCC(N4)C(C4CCC(N4)C4C5CCC(N5)C(C5CCC3N5)C3CCCCC3C(=O)C3CC5CCCCC5C(C3OC([2H])([2H])[2H])C3C5CCCCC5CC(C(=O)C5CCCCC54)C3OC([2H])([2H])[2H])C3CCCCC3C2=O)C1OC([2H])([2H])[2H]. The Labute approximate surface area is 645 Å². The minimum absolute atomic E-state index is 0.00847. The summed E-state index contributed by atoms with van der Waals surface area (Å²) in [6.07, 6.45) is 33.9. The summed E-state index contributed by atoms with van der Waals surface area (Å²) in [7, 11) is -11.5. The van der Waals surface area contributed by atoms with Crippen molar-refractivity contribution in [1.82, 2.24) is 21.3 Å². The van der Waals surface area contributed by atoms with Crippen molar-refractivity contribution in [2.24, 2.45) is 166 Å². The fourth-order valence-corrected chi connectivity index (χ4v) is 33.9. The number of fused-ring (bicyclic) bond motifs is 34. The first-order valence-corrected chi connectivity index (χ1v) is 45.6. The van der Waals surface area contributed by atoms with Gasteiger partial charge in [-0.25, -0.2) is 0 Å². The number of hydrogen-bond donors (Lipinski definition) is 4. The van der Waals surface area contributed by atoms with Gasteiger partial charge in [-0.1, -0.05) is 128 Å². The van der Waals surface area contributed by atoms with Gasteiger partial charge in [0.25, 0.3) is 0 Å². The number of rotatable bonds is 4. The number of carbonyl (C=O) groups excluding carboxylic acids is 4. The summed E-state index contributed by atoms with van der Waals surface area (Å²) < 4.78 is 138. The molecule has 0 aromatic carbocycles. The molecule has 0 amide bonds. The van der Waals surface area contributed by atoms with Crippen LogP contribution in [0, 0.1) is 166 Å². The number of carbonyl (C=O) groups is 4. The third kappa shape index (κ3) is 12.4. The topological polar surface area (TPSA) is 153 Å². The van der Waals surface area contributed by atoms with Crippen molar-refractivity contribution >= 4 is 23.1 Å². The minimum Gasteiger partial charge on any atom is -0.380 e. The maximum absolute atomic E-state index is 17.4. The van der Waals surface area contributed by atoms with Crippen molar-refractivity contribution in [3.05, 3.63) is 0 Å². The highest BCUT2D eigenvalue weighted by atomic mass is 16.5. The summed E-state index contributed by atoms with van der Waals surface area (Å²) in [6, 6.07) is 0.0157. The third-order valence-corrected chi connectivity index (χ3v) is 37.4. The minimum atomic E-state index is -2.86. The number of nitrogens with one attached hydrogen (secondary N) is 4. The van der Waals surface area contributed by atoms with Gasteiger partial charge in [0.05, 0.1) is 40.9 Å². The van der Waals surface area contributed by atoms with Crippen LogP contribution in [-0.4, -0.2) is 124 Å². The van der Waals surface area contributed by atoms with Crippen molar-refractivity contribution in [2.75, 3.05) is 28.2 Å². The van der Waals surface area contributed by atoms with Gasteiger partial charge < -0.3 is 40.2 Å². The predicted octanol–water partition coefficient (Wildman–Crippen LogP) is 16.3. The lowest BCUT2D eigenvalue weighted by Crippen LogP contribution is -2.61. The zero-order valence-electron chi connectivity index (χ0n) is 75.5. The number of methoxy groups -OCH3 is 4. The Kier molecular flexibility index (Phi) is 17.7. The lowest BCUT2D eigenvalue weighted by Gasteiger charge is -2.58. The molecule has 19 aliphatic rings. The molecule has 19 fully saturated rings. The van der Waals surface area contributed by atoms with Crippen LogP contribution in [0.3, 0.4) is 0 Å². The first kappa shape index (κ1) is 60.0. The summed E-state index contributed by atoms with van der Waals surface area (Å²) in [5.74, 6) is -5.74. The van der Waals surface area contributed by atoms with Gasteiger partial charge >= 0.3 is 0 Å². The van der Waals surface area contributed by atoms with Crippen LogP contribution in [0.4, 0.5) is 0 Å². The average molecular weight is 1450 g/mol. The normalized spacial score (nSPS) is 56.8. The van der Waals surface area contributed by atoms with E-state index in [-0.39, 0.29) is 190 Å². The molecule has 0 aromatic rings. The van der Waals surface area contributed by atoms with Crippen LogP contribution < -0.4 is 21.3 Å². The molecule has 580 valence electrons. The molecule has 19 rings (SSSR count). The second-order valence-electron chi connectivity index (χ2n) is 40.8. The number of Topliss-reactive ketones (excluding diaryl/α,β-unsaturated/α-hetero) is 4. The molecule has 0 radical (unpaired) electrons. The van der Waals surface area contributed by atoms with E-state index in [9.17, 15) is 16.4 Å². The third-order valence-electron chi connectivity index (χ3n) is 37.4. The Balaban J connectivity index is 0.799. The highest BCUT2D eigenvalue weighted by molar-refractivity contribution is 5.87. The van der Waals surface area contributed by atoms with Gasteiger partial charge in [-0.15, -0.1) is 0 Å². The van der Waals surface area contributed by atoms with E-state index >= 15 is 19.2 Å². The van der Waals surface area contributed by atoms with E-state index in [1.165, 1.54) is 0 Å². The quantitative estimate of drug-likeness (QED) is 0.212. The molecule has 7 heterocycles. The Morgan fingerprint density at radius 2 is 0.404 bits per heavy atom. The molecule has 12 saturated carbocycles. The molecule has 36 atom stereocenters. The van der Waals surface area contributed by atoms with E-state index in [1.807, 2.05) is 0 Å². The first-order valence-electron chi connectivity index (χ1n) is 51.6. The largest absolute Gasteiger partial charge is 0.380 e. The van der Waals surface area contributed by atoms with Crippen LogP contribution in [0.5, 0.6) is 0 Å². The molecule has 12 nitrogen and oxygen atoms in total. The molecule has 20 bridgehead atoms. The standard InChI is InChI=1S/C92H144N4O8/c1-101-89-65-45-49-21-5-9-25-53(49)81(89)82-54-26-10-6-22-50(54)46-66(90(82)102-2)86(98)62-34-18-14-30-58(62)78-70-38-37-69(93-70)77(57-29-13-17-33-61(57)85(65)97)73-41-42-74(95-73)79-59-31-15-19-35-63(59)87(99)67-47-51-23-7-11-27-55(51)83(91(67)103-3)84-56-28-12-8-24-52(56)48-68(92(84)104-4)88(100)64-36-20-16-32-60(64)80(72-40-39-71(79)94-72)76-44-43-75(78)96-76/h49-84,89-96H,5-48H2,1-4H3/i1D3,2D3,3D3,4D3. The van der Waals surface area contributed by atoms with Crippen LogP contribution >= 0.6 is 0 Å². The molecule has 36 unspecified atom stereocenters. The average Bonchev–Trinajstić information content (AvgIpc) is 0.763. The van der Waals surface area contributed by atoms with Crippen LogP contribution in [0.2, 0.25) is 0 Å². The van der Waals surface area contributed by atoms with E-state index in [4.69, 9.17) is 18.9 Å². The van der Waals surface area contributed by atoms with Gasteiger partial charge in [-0.05, 0) is 272 Å². The molecule has 0 spiro atoms. The lowest BCUT2D eigenvalue weighted by atomic mass is 9.48. The predicted molar refractivity (Wildman–Crippen MR) is 407 cm³/mol. The molecule has 12 heteroatoms. The van der Waals surface area contributed by atoms with E-state index in [0.29, 0.717) is 51.4 Å². The van der Waals surface area contributed by atoms with Crippen LogP contribution in [-0.2, 0) is 38.1 Å². The highest BCUT2D eigenvalue weighted by Crippen LogP contribution is 2.64. The second-order valence-corrected chi connectivity index (χ2v) is 40.8. The Morgan fingerprint density at radius 1 is 0.221 bits per heavy atom. The van der Waals surface area contributed by atoms with Crippen LogP contribution in [0.1, 0.15) is 299 Å². The van der Waals surface area contributed by atoms with Crippen molar-refractivity contribution in [1.29, 1.82) is 0 Å². The Bertz CT molecular complexity index is 3050.